The van der Waals surface area contributed by atoms with Gasteiger partial charge in [-0.1, -0.05) is 31.5 Å². The lowest BCUT2D eigenvalue weighted by molar-refractivity contribution is 0.0945. The Hall–Kier alpha value is -1.82. The van der Waals surface area contributed by atoms with Gasteiger partial charge in [-0.25, -0.2) is 9.37 Å². The van der Waals surface area contributed by atoms with Crippen LogP contribution in [0.5, 0.6) is 0 Å². The number of imidazole rings is 1. The Morgan fingerprint density at radius 3 is 2.68 bits per heavy atom. The monoisotopic (exact) mass is 321 g/mol. The summed E-state index contributed by atoms with van der Waals surface area (Å²) in [5.74, 6) is -0.464. The first kappa shape index (κ1) is 16.5. The van der Waals surface area contributed by atoms with Crippen LogP contribution < -0.4 is 5.32 Å². The zero-order chi connectivity index (χ0) is 15.9. The largest absolute Gasteiger partial charge is 0.351 e. The molecule has 0 atom stereocenters. The maximum Gasteiger partial charge on any atom is 0.269 e. The highest BCUT2D eigenvalue weighted by Gasteiger charge is 2.17. The Morgan fingerprint density at radius 1 is 1.32 bits per heavy atom. The molecule has 0 aliphatic carbocycles. The molecule has 2 rings (SSSR count). The second-order valence-corrected chi connectivity index (χ2v) is 5.68. The summed E-state index contributed by atoms with van der Waals surface area (Å²) in [6.07, 6.45) is 6.62. The van der Waals surface area contributed by atoms with Crippen LogP contribution in [0.3, 0.4) is 0 Å². The molecule has 0 aliphatic rings. The number of aromatic nitrogens is 2. The average Bonchev–Trinajstić information content (AvgIpc) is 2.96. The summed E-state index contributed by atoms with van der Waals surface area (Å²) < 4.78 is 14.8. The third-order valence-corrected chi connectivity index (χ3v) is 3.95. The summed E-state index contributed by atoms with van der Waals surface area (Å²) in [6.45, 7) is 2.77. The number of nitrogens with zero attached hydrogens (tertiary/aromatic N) is 2. The summed E-state index contributed by atoms with van der Waals surface area (Å²) in [4.78, 5) is 16.6. The number of halogens is 1. The molecule has 2 aromatic rings. The standard InChI is InChI=1S/C16H20FN3OS/c1-3-4-5-10-18-15(21)14-11-19-16(22-2)20(14)13-8-6-12(17)7-9-13/h6-9,11H,3-5,10H2,1-2H3,(H,18,21). The lowest BCUT2D eigenvalue weighted by Crippen LogP contribution is -2.26. The van der Waals surface area contributed by atoms with Crippen LogP contribution in [-0.2, 0) is 0 Å². The molecule has 0 aliphatic heterocycles. The van der Waals surface area contributed by atoms with Gasteiger partial charge in [0.2, 0.25) is 0 Å². The van der Waals surface area contributed by atoms with Crippen LogP contribution in [0, 0.1) is 5.82 Å². The SMILES string of the molecule is CCCCCNC(=O)c1cnc(SC)n1-c1ccc(F)cc1. The molecule has 1 heterocycles. The highest BCUT2D eigenvalue weighted by Crippen LogP contribution is 2.22. The molecule has 0 radical (unpaired) electrons. The van der Waals surface area contributed by atoms with E-state index in [1.54, 1.807) is 22.9 Å². The van der Waals surface area contributed by atoms with Gasteiger partial charge in [-0.15, -0.1) is 0 Å². The summed E-state index contributed by atoms with van der Waals surface area (Å²) >= 11 is 1.44. The van der Waals surface area contributed by atoms with Gasteiger partial charge in [0.1, 0.15) is 11.5 Å². The number of carbonyl (C=O) groups is 1. The van der Waals surface area contributed by atoms with Crippen molar-refractivity contribution < 1.29 is 9.18 Å². The van der Waals surface area contributed by atoms with E-state index in [0.717, 1.165) is 24.9 Å². The molecule has 4 nitrogen and oxygen atoms in total. The van der Waals surface area contributed by atoms with E-state index in [1.807, 2.05) is 6.26 Å². The second kappa shape index (κ2) is 7.98. The number of amides is 1. The van der Waals surface area contributed by atoms with Gasteiger partial charge < -0.3 is 5.32 Å². The van der Waals surface area contributed by atoms with Crippen molar-refractivity contribution in [1.29, 1.82) is 0 Å². The molecular formula is C16H20FN3OS. The van der Waals surface area contributed by atoms with Crippen molar-refractivity contribution in [3.8, 4) is 5.69 Å². The highest BCUT2D eigenvalue weighted by molar-refractivity contribution is 7.98. The van der Waals surface area contributed by atoms with E-state index in [-0.39, 0.29) is 11.7 Å². The normalized spacial score (nSPS) is 10.7. The van der Waals surface area contributed by atoms with E-state index >= 15 is 0 Å². The molecular weight excluding hydrogens is 301 g/mol. The Kier molecular flexibility index (Phi) is 6.00. The van der Waals surface area contributed by atoms with Crippen molar-refractivity contribution in [3.63, 3.8) is 0 Å². The number of unbranched alkanes of at least 4 members (excludes halogenated alkanes) is 2. The van der Waals surface area contributed by atoms with Gasteiger partial charge in [0.25, 0.3) is 5.91 Å². The van der Waals surface area contributed by atoms with Crippen molar-refractivity contribution in [2.24, 2.45) is 0 Å². The zero-order valence-corrected chi connectivity index (χ0v) is 13.6. The van der Waals surface area contributed by atoms with Gasteiger partial charge >= 0.3 is 0 Å². The maximum absolute atomic E-state index is 13.1. The first-order chi connectivity index (χ1) is 10.7. The van der Waals surface area contributed by atoms with Gasteiger partial charge in [-0.2, -0.15) is 0 Å². The summed E-state index contributed by atoms with van der Waals surface area (Å²) in [5.41, 5.74) is 1.19. The number of benzene rings is 1. The first-order valence-electron chi connectivity index (χ1n) is 7.33. The van der Waals surface area contributed by atoms with Crippen LogP contribution in [0.15, 0.2) is 35.6 Å². The topological polar surface area (TPSA) is 46.9 Å². The summed E-state index contributed by atoms with van der Waals surface area (Å²) in [7, 11) is 0. The molecule has 0 saturated heterocycles. The van der Waals surface area contributed by atoms with Crippen LogP contribution in [0.25, 0.3) is 5.69 Å². The number of hydrogen-bond donors (Lipinski definition) is 1. The first-order valence-corrected chi connectivity index (χ1v) is 8.55. The predicted octanol–water partition coefficient (Wildman–Crippen LogP) is 3.65. The number of thioether (sulfide) groups is 1. The van der Waals surface area contributed by atoms with E-state index in [0.29, 0.717) is 17.4 Å². The van der Waals surface area contributed by atoms with Crippen LogP contribution in [0.1, 0.15) is 36.7 Å². The van der Waals surface area contributed by atoms with Crippen LogP contribution in [0.4, 0.5) is 4.39 Å². The summed E-state index contributed by atoms with van der Waals surface area (Å²) in [6, 6.07) is 6.04. The number of nitrogens with one attached hydrogen (secondary N) is 1. The molecule has 0 fully saturated rings. The third kappa shape index (κ3) is 3.88. The van der Waals surface area contributed by atoms with Crippen molar-refractivity contribution in [2.45, 2.75) is 31.3 Å². The molecule has 1 amide bonds. The summed E-state index contributed by atoms with van der Waals surface area (Å²) in [5, 5.41) is 3.61. The number of carbonyl (C=O) groups excluding carboxylic acids is 1. The fraction of sp³-hybridized carbons (Fsp3) is 0.375. The van der Waals surface area contributed by atoms with E-state index < -0.39 is 0 Å². The van der Waals surface area contributed by atoms with Gasteiger partial charge in [0, 0.05) is 12.2 Å². The fourth-order valence-electron chi connectivity index (χ4n) is 2.15. The zero-order valence-electron chi connectivity index (χ0n) is 12.8. The Bertz CT molecular complexity index is 625. The molecule has 118 valence electrons. The molecule has 1 aromatic heterocycles. The lowest BCUT2D eigenvalue weighted by atomic mass is 10.2. The average molecular weight is 321 g/mol. The molecule has 0 saturated carbocycles. The Morgan fingerprint density at radius 2 is 2.05 bits per heavy atom. The predicted molar refractivity (Wildman–Crippen MR) is 87.2 cm³/mol. The molecule has 1 aromatic carbocycles. The van der Waals surface area contributed by atoms with Crippen molar-refractivity contribution in [3.05, 3.63) is 42.0 Å². The molecule has 1 N–H and O–H groups in total. The number of hydrogen-bond acceptors (Lipinski definition) is 3. The van der Waals surface area contributed by atoms with Crippen molar-refractivity contribution in [1.82, 2.24) is 14.9 Å². The van der Waals surface area contributed by atoms with E-state index in [2.05, 4.69) is 17.2 Å². The van der Waals surface area contributed by atoms with Gasteiger partial charge in [-0.05, 0) is 36.9 Å². The van der Waals surface area contributed by atoms with Crippen molar-refractivity contribution >= 4 is 17.7 Å². The Balaban J connectivity index is 2.23. The minimum atomic E-state index is -0.305. The van der Waals surface area contributed by atoms with Gasteiger partial charge in [0.15, 0.2) is 5.16 Å². The third-order valence-electron chi connectivity index (χ3n) is 3.30. The second-order valence-electron chi connectivity index (χ2n) is 4.90. The Labute approximate surface area is 134 Å². The molecule has 6 heteroatoms. The quantitative estimate of drug-likeness (QED) is 0.625. The van der Waals surface area contributed by atoms with E-state index in [4.69, 9.17) is 0 Å². The lowest BCUT2D eigenvalue weighted by Gasteiger charge is -2.11. The van der Waals surface area contributed by atoms with E-state index in [1.165, 1.54) is 23.9 Å². The van der Waals surface area contributed by atoms with Gasteiger partial charge in [0.05, 0.1) is 6.20 Å². The molecule has 22 heavy (non-hydrogen) atoms. The number of rotatable bonds is 7. The smallest absolute Gasteiger partial charge is 0.269 e. The van der Waals surface area contributed by atoms with Crippen molar-refractivity contribution in [2.75, 3.05) is 12.8 Å². The highest BCUT2D eigenvalue weighted by atomic mass is 32.2. The van der Waals surface area contributed by atoms with Crippen LogP contribution in [-0.4, -0.2) is 28.3 Å². The fourth-order valence-corrected chi connectivity index (χ4v) is 2.69. The molecule has 0 unspecified atom stereocenters. The van der Waals surface area contributed by atoms with Gasteiger partial charge in [-0.3, -0.25) is 9.36 Å². The maximum atomic E-state index is 13.1. The minimum absolute atomic E-state index is 0.159. The van der Waals surface area contributed by atoms with E-state index in [9.17, 15) is 9.18 Å². The van der Waals surface area contributed by atoms with Crippen LogP contribution in [0.2, 0.25) is 0 Å². The molecule has 0 bridgehead atoms. The molecule has 0 spiro atoms. The minimum Gasteiger partial charge on any atom is -0.351 e. The van der Waals surface area contributed by atoms with Crippen LogP contribution >= 0.6 is 11.8 Å².